The molecule has 5 heteroatoms. The number of quaternary nitrogens is 2. The van der Waals surface area contributed by atoms with Gasteiger partial charge in [-0.05, 0) is 18.8 Å². The largest absolute Gasteiger partial charge is 0.461 e. The van der Waals surface area contributed by atoms with Crippen molar-refractivity contribution in [2.24, 2.45) is 23.2 Å². The van der Waals surface area contributed by atoms with Crippen LogP contribution in [-0.2, 0) is 9.53 Å². The number of hydrogen-bond donors (Lipinski definition) is 3. The maximum absolute atomic E-state index is 12.8. The quantitative estimate of drug-likeness (QED) is 0.457. The number of allylic oxidation sites excluding steroid dienone is 1. The summed E-state index contributed by atoms with van der Waals surface area (Å²) in [6, 6.07) is 0.626. The van der Waals surface area contributed by atoms with Crippen LogP contribution >= 0.6 is 0 Å². The van der Waals surface area contributed by atoms with Crippen molar-refractivity contribution in [3.05, 3.63) is 11.6 Å². The molecule has 5 nitrogen and oxygen atoms in total. The van der Waals surface area contributed by atoms with E-state index in [9.17, 15) is 9.90 Å². The molecule has 0 amide bonds. The molecule has 0 aromatic rings. The maximum atomic E-state index is 12.8. The van der Waals surface area contributed by atoms with Gasteiger partial charge in [0.25, 0.3) is 0 Å². The lowest BCUT2D eigenvalue weighted by Crippen LogP contribution is -3.18. The highest BCUT2D eigenvalue weighted by molar-refractivity contribution is 5.76. The van der Waals surface area contributed by atoms with Crippen LogP contribution in [0.4, 0.5) is 0 Å². The van der Waals surface area contributed by atoms with E-state index in [1.165, 1.54) is 36.4 Å². The molecule has 3 N–H and O–H groups in total. The van der Waals surface area contributed by atoms with Crippen LogP contribution in [0, 0.1) is 23.2 Å². The summed E-state index contributed by atoms with van der Waals surface area (Å²) in [5.41, 5.74) is 1.12. The third-order valence-corrected chi connectivity index (χ3v) is 8.65. The lowest BCUT2D eigenvalue weighted by atomic mass is 9.55. The van der Waals surface area contributed by atoms with Gasteiger partial charge in [0.15, 0.2) is 0 Å². The summed E-state index contributed by atoms with van der Waals surface area (Å²) >= 11 is 0. The molecular formula is C22H38N2O3+2. The Morgan fingerprint density at radius 2 is 2.04 bits per heavy atom. The number of carbonyl (C=O) groups is 1. The summed E-state index contributed by atoms with van der Waals surface area (Å²) < 4.78 is 5.83. The van der Waals surface area contributed by atoms with Gasteiger partial charge in [0.2, 0.25) is 0 Å². The molecule has 4 rings (SSSR count). The summed E-state index contributed by atoms with van der Waals surface area (Å²) in [4.78, 5) is 15.8. The van der Waals surface area contributed by atoms with Crippen LogP contribution in [0.5, 0.6) is 0 Å². The molecule has 2 aliphatic heterocycles. The molecule has 0 radical (unpaired) electrons. The number of nitrogens with one attached hydrogen (secondary N) is 2. The zero-order valence-electron chi connectivity index (χ0n) is 17.5. The molecule has 0 aromatic carbocycles. The molecule has 4 aliphatic rings. The molecule has 0 spiro atoms. The molecule has 2 aliphatic carbocycles. The first kappa shape index (κ1) is 19.4. The Hall–Kier alpha value is -0.910. The first-order valence-corrected chi connectivity index (χ1v) is 11.0. The highest BCUT2D eigenvalue weighted by atomic mass is 16.6. The third kappa shape index (κ3) is 3.16. The van der Waals surface area contributed by atoms with E-state index in [4.69, 9.17) is 4.74 Å². The van der Waals surface area contributed by atoms with E-state index in [2.05, 4.69) is 34.0 Å². The minimum absolute atomic E-state index is 0.0490. The Balaban J connectivity index is 1.52. The fraction of sp³-hybridized carbons (Fsp3) is 0.864. The van der Waals surface area contributed by atoms with Gasteiger partial charge in [-0.25, -0.2) is 0 Å². The van der Waals surface area contributed by atoms with Crippen molar-refractivity contribution in [2.75, 3.05) is 33.7 Å². The van der Waals surface area contributed by atoms with Gasteiger partial charge in [-0.15, -0.1) is 0 Å². The lowest BCUT2D eigenvalue weighted by Gasteiger charge is -2.51. The smallest absolute Gasteiger partial charge is 0.315 e. The van der Waals surface area contributed by atoms with Crippen LogP contribution in [0.25, 0.3) is 0 Å². The SMILES string of the molecule is C[C@H]1CCC=C2C[C@H]3OC(=O)[C@@H](C[NH+](C)C4CC[NH+](C)CC4)[C@H]3[C@H](O)[C@@]21C. The van der Waals surface area contributed by atoms with E-state index in [-0.39, 0.29) is 29.3 Å². The van der Waals surface area contributed by atoms with Crippen molar-refractivity contribution < 1.29 is 24.4 Å². The van der Waals surface area contributed by atoms with Gasteiger partial charge in [-0.2, -0.15) is 0 Å². The standard InChI is InChI=1S/C22H36N2O3/c1-14-6-5-7-15-12-18-19(20(25)22(14,15)2)17(21(26)27-18)13-24(4)16-8-10-23(3)11-9-16/h7,14,16-20,25H,5-6,8-13H2,1-4H3/p+2/t14-,17-,18+,19+,20-,22+/m0/s1. The molecular weight excluding hydrogens is 340 g/mol. The molecule has 0 bridgehead atoms. The van der Waals surface area contributed by atoms with Crippen LogP contribution in [0.3, 0.4) is 0 Å². The van der Waals surface area contributed by atoms with Crippen molar-refractivity contribution >= 4 is 5.97 Å². The number of aliphatic hydroxyl groups is 1. The second-order valence-corrected chi connectivity index (χ2v) is 10.1. The van der Waals surface area contributed by atoms with Crippen molar-refractivity contribution in [2.45, 2.75) is 64.2 Å². The van der Waals surface area contributed by atoms with E-state index in [0.717, 1.165) is 25.8 Å². The van der Waals surface area contributed by atoms with Gasteiger partial charge in [-0.1, -0.05) is 25.5 Å². The summed E-state index contributed by atoms with van der Waals surface area (Å²) in [6.07, 6.45) is 7.16. The lowest BCUT2D eigenvalue weighted by molar-refractivity contribution is -0.941. The Bertz CT molecular complexity index is 613. The number of hydrogen-bond acceptors (Lipinski definition) is 3. The molecule has 7 atom stereocenters. The number of aliphatic hydroxyl groups excluding tert-OH is 1. The van der Waals surface area contributed by atoms with Crippen molar-refractivity contribution in [1.29, 1.82) is 0 Å². The number of piperidine rings is 1. The summed E-state index contributed by atoms with van der Waals surface area (Å²) in [7, 11) is 4.50. The highest BCUT2D eigenvalue weighted by Crippen LogP contribution is 2.55. The van der Waals surface area contributed by atoms with Gasteiger partial charge in [0.05, 0.1) is 45.9 Å². The maximum Gasteiger partial charge on any atom is 0.315 e. The Morgan fingerprint density at radius 1 is 1.33 bits per heavy atom. The number of carbonyl (C=O) groups excluding carboxylic acids is 1. The number of esters is 1. The first-order valence-electron chi connectivity index (χ1n) is 11.0. The van der Waals surface area contributed by atoms with Crippen molar-refractivity contribution in [1.82, 2.24) is 0 Å². The number of ether oxygens (including phenoxy) is 1. The molecule has 1 unspecified atom stereocenters. The van der Waals surface area contributed by atoms with Gasteiger partial charge < -0.3 is 19.6 Å². The average Bonchev–Trinajstić information content (AvgIpc) is 2.94. The summed E-state index contributed by atoms with van der Waals surface area (Å²) in [5.74, 6) is 0.167. The highest BCUT2D eigenvalue weighted by Gasteiger charge is 2.60. The van der Waals surface area contributed by atoms with Crippen LogP contribution < -0.4 is 9.80 Å². The summed E-state index contributed by atoms with van der Waals surface area (Å²) in [5, 5.41) is 11.5. The fourth-order valence-electron chi connectivity index (χ4n) is 6.41. The van der Waals surface area contributed by atoms with Gasteiger partial charge in [-0.3, -0.25) is 4.79 Å². The predicted molar refractivity (Wildman–Crippen MR) is 103 cm³/mol. The normalized spacial score (nSPS) is 48.3. The second kappa shape index (κ2) is 7.16. The Kier molecular flexibility index (Phi) is 5.15. The molecule has 2 heterocycles. The van der Waals surface area contributed by atoms with Crippen LogP contribution in [0.15, 0.2) is 11.6 Å². The van der Waals surface area contributed by atoms with Crippen molar-refractivity contribution in [3.63, 3.8) is 0 Å². The zero-order valence-corrected chi connectivity index (χ0v) is 17.5. The monoisotopic (exact) mass is 378 g/mol. The average molecular weight is 379 g/mol. The molecule has 1 saturated carbocycles. The zero-order chi connectivity index (χ0) is 19.3. The number of rotatable bonds is 3. The van der Waals surface area contributed by atoms with E-state index in [1.54, 1.807) is 4.90 Å². The molecule has 152 valence electrons. The molecule has 2 saturated heterocycles. The molecule has 3 fully saturated rings. The predicted octanol–water partition coefficient (Wildman–Crippen LogP) is -0.537. The minimum Gasteiger partial charge on any atom is -0.461 e. The minimum atomic E-state index is -0.482. The summed E-state index contributed by atoms with van der Waals surface area (Å²) in [6.45, 7) is 7.72. The van der Waals surface area contributed by atoms with E-state index < -0.39 is 6.10 Å². The van der Waals surface area contributed by atoms with Gasteiger partial charge >= 0.3 is 5.97 Å². The van der Waals surface area contributed by atoms with Crippen LogP contribution in [0.2, 0.25) is 0 Å². The number of fused-ring (bicyclic) bond motifs is 2. The fourth-order valence-corrected chi connectivity index (χ4v) is 6.41. The van der Waals surface area contributed by atoms with Crippen molar-refractivity contribution in [3.8, 4) is 0 Å². The van der Waals surface area contributed by atoms with E-state index in [0.29, 0.717) is 12.0 Å². The van der Waals surface area contributed by atoms with E-state index in [1.807, 2.05) is 0 Å². The van der Waals surface area contributed by atoms with Gasteiger partial charge in [0.1, 0.15) is 12.0 Å². The Labute approximate surface area is 163 Å². The molecule has 27 heavy (non-hydrogen) atoms. The third-order valence-electron chi connectivity index (χ3n) is 8.65. The Morgan fingerprint density at radius 3 is 2.74 bits per heavy atom. The van der Waals surface area contributed by atoms with Gasteiger partial charge in [0, 0.05) is 30.6 Å². The molecule has 0 aromatic heterocycles. The first-order chi connectivity index (χ1) is 12.8. The number of likely N-dealkylation sites (tertiary alicyclic amines) is 1. The van der Waals surface area contributed by atoms with Crippen LogP contribution in [0.1, 0.15) is 46.0 Å². The second-order valence-electron chi connectivity index (χ2n) is 10.1. The van der Waals surface area contributed by atoms with Crippen LogP contribution in [-0.4, -0.2) is 63.1 Å². The van der Waals surface area contributed by atoms with E-state index >= 15 is 0 Å². The topological polar surface area (TPSA) is 55.4 Å².